The zero-order valence-corrected chi connectivity index (χ0v) is 13.4. The van der Waals surface area contributed by atoms with Gasteiger partial charge in [0.1, 0.15) is 5.82 Å². The van der Waals surface area contributed by atoms with E-state index in [0.717, 1.165) is 44.7 Å². The molecular formula is C18H23FN2O2. The highest BCUT2D eigenvalue weighted by Crippen LogP contribution is 2.27. The summed E-state index contributed by atoms with van der Waals surface area (Å²) in [4.78, 5) is 16.2. The fourth-order valence-corrected chi connectivity index (χ4v) is 3.51. The molecule has 1 saturated heterocycles. The molecule has 4 nitrogen and oxygen atoms in total. The maximum absolute atomic E-state index is 13.2. The van der Waals surface area contributed by atoms with Gasteiger partial charge in [0.05, 0.1) is 18.3 Å². The minimum Gasteiger partial charge on any atom is -0.381 e. The molecule has 124 valence electrons. The second-order valence-corrected chi connectivity index (χ2v) is 6.42. The smallest absolute Gasteiger partial charge is 0.181 e. The highest BCUT2D eigenvalue weighted by Gasteiger charge is 2.29. The van der Waals surface area contributed by atoms with E-state index in [2.05, 4.69) is 16.4 Å². The molecule has 0 spiro atoms. The lowest BCUT2D eigenvalue weighted by Gasteiger charge is -2.23. The van der Waals surface area contributed by atoms with Crippen molar-refractivity contribution >= 4 is 5.78 Å². The first-order valence-corrected chi connectivity index (χ1v) is 8.29. The van der Waals surface area contributed by atoms with Gasteiger partial charge >= 0.3 is 0 Å². The predicted molar refractivity (Wildman–Crippen MR) is 85.8 cm³/mol. The van der Waals surface area contributed by atoms with E-state index in [-0.39, 0.29) is 17.9 Å². The van der Waals surface area contributed by atoms with Gasteiger partial charge in [-0.1, -0.05) is 11.6 Å². The number of nitrogens with one attached hydrogen (secondary N) is 1. The fourth-order valence-electron chi connectivity index (χ4n) is 3.51. The van der Waals surface area contributed by atoms with Crippen molar-refractivity contribution in [3.05, 3.63) is 41.5 Å². The number of hydrogen-bond donors (Lipinski definition) is 1. The fraction of sp³-hybridized carbons (Fsp3) is 0.556. The Bertz CT molecular complexity index is 592. The molecule has 1 aliphatic carbocycles. The summed E-state index contributed by atoms with van der Waals surface area (Å²) in [6, 6.07) is 1.25. The Balaban J connectivity index is 1.57. The molecule has 0 unspecified atom stereocenters. The molecule has 2 heterocycles. The van der Waals surface area contributed by atoms with E-state index in [1.54, 1.807) is 7.11 Å². The number of ether oxygens (including phenoxy) is 1. The minimum atomic E-state index is -0.470. The molecule has 2 aliphatic rings. The number of halogens is 1. The van der Waals surface area contributed by atoms with E-state index in [4.69, 9.17) is 4.74 Å². The molecule has 1 aliphatic heterocycles. The van der Waals surface area contributed by atoms with E-state index in [0.29, 0.717) is 11.7 Å². The van der Waals surface area contributed by atoms with E-state index in [9.17, 15) is 9.18 Å². The molecule has 5 heteroatoms. The van der Waals surface area contributed by atoms with Crippen molar-refractivity contribution < 1.29 is 13.9 Å². The van der Waals surface area contributed by atoms with Crippen LogP contribution in [0.1, 0.15) is 48.9 Å². The van der Waals surface area contributed by atoms with Crippen LogP contribution in [0.15, 0.2) is 30.1 Å². The Kier molecular flexibility index (Phi) is 5.18. The van der Waals surface area contributed by atoms with Crippen molar-refractivity contribution in [3.63, 3.8) is 0 Å². The van der Waals surface area contributed by atoms with Crippen LogP contribution in [0.3, 0.4) is 0 Å². The molecule has 0 amide bonds. The third kappa shape index (κ3) is 4.03. The number of ketones is 1. The second kappa shape index (κ2) is 7.32. The van der Waals surface area contributed by atoms with E-state index < -0.39 is 5.82 Å². The van der Waals surface area contributed by atoms with Crippen molar-refractivity contribution in [2.45, 2.75) is 56.7 Å². The Labute approximate surface area is 136 Å². The second-order valence-electron chi connectivity index (χ2n) is 6.42. The number of carbonyl (C=O) groups is 1. The summed E-state index contributed by atoms with van der Waals surface area (Å²) in [5, 5.41) is 3.37. The monoisotopic (exact) mass is 318 g/mol. The van der Waals surface area contributed by atoms with Crippen LogP contribution in [0.25, 0.3) is 0 Å². The van der Waals surface area contributed by atoms with Crippen molar-refractivity contribution in [2.75, 3.05) is 7.11 Å². The van der Waals surface area contributed by atoms with Crippen LogP contribution in [-0.4, -0.2) is 36.1 Å². The number of allylic oxidation sites excluding steroid dienone is 1. The van der Waals surface area contributed by atoms with Crippen LogP contribution in [0, 0.1) is 5.82 Å². The summed E-state index contributed by atoms with van der Waals surface area (Å²) in [7, 11) is 1.77. The molecule has 1 aromatic heterocycles. The number of carbonyl (C=O) groups excluding carboxylic acids is 1. The number of rotatable bonds is 4. The number of Topliss-reactive ketones (excluding diaryl/α,β-unsaturated/α-hetero) is 1. The molecule has 0 aromatic carbocycles. The number of methoxy groups -OCH3 is 1. The molecule has 1 saturated carbocycles. The molecule has 3 rings (SSSR count). The highest BCUT2D eigenvalue weighted by molar-refractivity contribution is 6.00. The van der Waals surface area contributed by atoms with Gasteiger partial charge in [-0.3, -0.25) is 9.78 Å². The van der Waals surface area contributed by atoms with Gasteiger partial charge < -0.3 is 10.1 Å². The number of aromatic nitrogens is 1. The lowest BCUT2D eigenvalue weighted by atomic mass is 9.91. The van der Waals surface area contributed by atoms with Crippen LogP contribution < -0.4 is 5.32 Å². The van der Waals surface area contributed by atoms with Gasteiger partial charge in [-0.25, -0.2) is 4.39 Å². The third-order valence-electron chi connectivity index (χ3n) is 4.83. The zero-order chi connectivity index (χ0) is 16.2. The first-order chi connectivity index (χ1) is 11.2. The van der Waals surface area contributed by atoms with Crippen LogP contribution in [0.4, 0.5) is 4.39 Å². The first kappa shape index (κ1) is 16.3. The summed E-state index contributed by atoms with van der Waals surface area (Å²) in [6.45, 7) is 0. The van der Waals surface area contributed by atoms with Crippen LogP contribution in [0.2, 0.25) is 0 Å². The Morgan fingerprint density at radius 3 is 2.78 bits per heavy atom. The van der Waals surface area contributed by atoms with Crippen LogP contribution >= 0.6 is 0 Å². The van der Waals surface area contributed by atoms with E-state index in [1.165, 1.54) is 17.8 Å². The maximum atomic E-state index is 13.2. The van der Waals surface area contributed by atoms with Crippen molar-refractivity contribution in [1.82, 2.24) is 10.3 Å². The Hall–Kier alpha value is -1.59. The summed E-state index contributed by atoms with van der Waals surface area (Å²) in [5.41, 5.74) is 1.80. The van der Waals surface area contributed by atoms with Gasteiger partial charge in [0, 0.05) is 24.9 Å². The molecule has 2 atom stereocenters. The first-order valence-electron chi connectivity index (χ1n) is 8.29. The third-order valence-corrected chi connectivity index (χ3v) is 4.83. The molecule has 23 heavy (non-hydrogen) atoms. The van der Waals surface area contributed by atoms with Gasteiger partial charge in [0.2, 0.25) is 0 Å². The normalized spacial score (nSPS) is 27.9. The lowest BCUT2D eigenvalue weighted by molar-refractivity contribution is 0.0801. The average molecular weight is 318 g/mol. The number of pyridine rings is 1. The van der Waals surface area contributed by atoms with Crippen molar-refractivity contribution in [3.8, 4) is 0 Å². The van der Waals surface area contributed by atoms with Crippen molar-refractivity contribution in [2.24, 2.45) is 0 Å². The Morgan fingerprint density at radius 1 is 1.30 bits per heavy atom. The maximum Gasteiger partial charge on any atom is 0.181 e. The average Bonchev–Trinajstić information content (AvgIpc) is 3.03. The minimum absolute atomic E-state index is 0.0685. The molecule has 2 fully saturated rings. The molecule has 0 bridgehead atoms. The largest absolute Gasteiger partial charge is 0.381 e. The summed E-state index contributed by atoms with van der Waals surface area (Å²) >= 11 is 0. The van der Waals surface area contributed by atoms with Gasteiger partial charge in [0.15, 0.2) is 5.78 Å². The quantitative estimate of drug-likeness (QED) is 0.685. The summed E-state index contributed by atoms with van der Waals surface area (Å²) in [5.74, 6) is -0.539. The number of nitrogens with zero attached hydrogens (tertiary/aromatic N) is 1. The SMILES string of the molecule is COC1CCC(=C[C@@H]2CC[C@H](C(=O)c3cncc(F)c3)N2)CC1. The summed E-state index contributed by atoms with van der Waals surface area (Å²) < 4.78 is 18.6. The topological polar surface area (TPSA) is 51.2 Å². The van der Waals surface area contributed by atoms with Gasteiger partial charge in [-0.15, -0.1) is 0 Å². The van der Waals surface area contributed by atoms with E-state index in [1.807, 2.05) is 0 Å². The summed E-state index contributed by atoms with van der Waals surface area (Å²) in [6.07, 6.45) is 11.2. The van der Waals surface area contributed by atoms with Crippen molar-refractivity contribution in [1.29, 1.82) is 0 Å². The van der Waals surface area contributed by atoms with Gasteiger partial charge in [-0.05, 0) is 44.6 Å². The Morgan fingerprint density at radius 2 is 2.09 bits per heavy atom. The highest BCUT2D eigenvalue weighted by atomic mass is 19.1. The lowest BCUT2D eigenvalue weighted by Crippen LogP contribution is -2.35. The van der Waals surface area contributed by atoms with E-state index >= 15 is 0 Å². The predicted octanol–water partition coefficient (Wildman–Crippen LogP) is 3.04. The molecule has 1 N–H and O–H groups in total. The van der Waals surface area contributed by atoms with Gasteiger partial charge in [-0.2, -0.15) is 0 Å². The molecular weight excluding hydrogens is 295 g/mol. The molecule has 0 radical (unpaired) electrons. The number of hydrogen-bond acceptors (Lipinski definition) is 4. The standard InChI is InChI=1S/C18H23FN2O2/c1-23-16-5-2-12(3-6-16)8-15-4-7-17(21-15)18(22)13-9-14(19)11-20-10-13/h8-11,15-17,21H,2-7H2,1H3/t15-,16?,17+/m0/s1. The van der Waals surface area contributed by atoms with Crippen LogP contribution in [-0.2, 0) is 4.74 Å². The molecule has 1 aromatic rings. The van der Waals surface area contributed by atoms with Gasteiger partial charge in [0.25, 0.3) is 0 Å². The van der Waals surface area contributed by atoms with Crippen LogP contribution in [0.5, 0.6) is 0 Å². The zero-order valence-electron chi connectivity index (χ0n) is 13.4.